The van der Waals surface area contributed by atoms with Gasteiger partial charge in [0.2, 0.25) is 5.16 Å². The van der Waals surface area contributed by atoms with Crippen LogP contribution in [0, 0.1) is 5.82 Å². The second-order valence-electron chi connectivity index (χ2n) is 6.41. The molecule has 0 saturated heterocycles. The van der Waals surface area contributed by atoms with Crippen LogP contribution < -0.4 is 0 Å². The van der Waals surface area contributed by atoms with E-state index in [1.54, 1.807) is 16.8 Å². The van der Waals surface area contributed by atoms with Gasteiger partial charge >= 0.3 is 0 Å². The third-order valence-electron chi connectivity index (χ3n) is 4.50. The van der Waals surface area contributed by atoms with E-state index in [0.29, 0.717) is 11.7 Å². The highest BCUT2D eigenvalue weighted by Gasteiger charge is 2.17. The molecule has 0 N–H and O–H groups in total. The minimum Gasteiger partial charge on any atom is -0.314 e. The fourth-order valence-electron chi connectivity index (χ4n) is 3.11. The maximum atomic E-state index is 13.3. The van der Waals surface area contributed by atoms with Gasteiger partial charge in [0.25, 0.3) is 0 Å². The highest BCUT2D eigenvalue weighted by Crippen LogP contribution is 2.30. The highest BCUT2D eigenvalue weighted by atomic mass is 32.2. The molecule has 2 heterocycles. The number of tetrazole rings is 1. The van der Waals surface area contributed by atoms with Gasteiger partial charge in [-0.05, 0) is 64.2 Å². The summed E-state index contributed by atoms with van der Waals surface area (Å²) in [6, 6.07) is 24.2. The summed E-state index contributed by atoms with van der Waals surface area (Å²) in [5.74, 6) is -0.249. The van der Waals surface area contributed by atoms with Crippen molar-refractivity contribution in [3.8, 4) is 5.69 Å². The van der Waals surface area contributed by atoms with Gasteiger partial charge in [0.1, 0.15) is 5.82 Å². The van der Waals surface area contributed by atoms with Crippen molar-refractivity contribution in [2.24, 2.45) is 0 Å². The highest BCUT2D eigenvalue weighted by molar-refractivity contribution is 7.99. The smallest absolute Gasteiger partial charge is 0.221 e. The minimum atomic E-state index is -0.249. The zero-order valence-corrected chi connectivity index (χ0v) is 16.0. The quantitative estimate of drug-likeness (QED) is 0.437. The zero-order chi connectivity index (χ0) is 19.6. The molecule has 2 aromatic heterocycles. The minimum absolute atomic E-state index is 0.249. The predicted molar refractivity (Wildman–Crippen MR) is 109 cm³/mol. The Labute approximate surface area is 170 Å². The van der Waals surface area contributed by atoms with Gasteiger partial charge < -0.3 is 4.57 Å². The Kier molecular flexibility index (Phi) is 4.53. The average molecular weight is 402 g/mol. The van der Waals surface area contributed by atoms with Gasteiger partial charge in [0, 0.05) is 0 Å². The summed E-state index contributed by atoms with van der Waals surface area (Å²) in [6.45, 7) is 0.566. The Morgan fingerprint density at radius 3 is 2.41 bits per heavy atom. The Hall–Kier alpha value is -3.52. The van der Waals surface area contributed by atoms with Gasteiger partial charge in [-0.1, -0.05) is 42.5 Å². The van der Waals surface area contributed by atoms with E-state index in [0.717, 1.165) is 27.4 Å². The molecule has 0 saturated carbocycles. The van der Waals surface area contributed by atoms with Crippen LogP contribution in [0.1, 0.15) is 5.56 Å². The van der Waals surface area contributed by atoms with Crippen LogP contribution in [0.2, 0.25) is 0 Å². The molecule has 0 atom stereocenters. The molecule has 142 valence electrons. The molecule has 0 aliphatic rings. The number of fused-ring (bicyclic) bond motifs is 1. The molecule has 0 aliphatic heterocycles. The van der Waals surface area contributed by atoms with E-state index in [2.05, 4.69) is 20.1 Å². The van der Waals surface area contributed by atoms with Crippen LogP contribution in [-0.4, -0.2) is 29.8 Å². The lowest BCUT2D eigenvalue weighted by Crippen LogP contribution is -2.03. The predicted octanol–water partition coefficient (Wildman–Crippen LogP) is 4.35. The van der Waals surface area contributed by atoms with Crippen LogP contribution in [0.25, 0.3) is 16.7 Å². The molecule has 0 spiro atoms. The second-order valence-corrected chi connectivity index (χ2v) is 7.34. The van der Waals surface area contributed by atoms with Gasteiger partial charge in [0.15, 0.2) is 5.16 Å². The molecule has 5 aromatic rings. The van der Waals surface area contributed by atoms with E-state index in [1.165, 1.54) is 23.9 Å². The van der Waals surface area contributed by atoms with Crippen molar-refractivity contribution in [3.05, 3.63) is 90.2 Å². The topological polar surface area (TPSA) is 61.4 Å². The number of aromatic nitrogens is 6. The van der Waals surface area contributed by atoms with Gasteiger partial charge in [-0.2, -0.15) is 4.68 Å². The van der Waals surface area contributed by atoms with Crippen molar-refractivity contribution >= 4 is 22.8 Å². The van der Waals surface area contributed by atoms with Crippen LogP contribution in [-0.2, 0) is 6.54 Å². The number of imidazole rings is 1. The van der Waals surface area contributed by atoms with Crippen LogP contribution in [0.5, 0.6) is 0 Å². The SMILES string of the molecule is Fc1ccc(Cn2c(Sc3nnnn3-c3ccccc3)nc3ccccc32)cc1. The third kappa shape index (κ3) is 3.50. The number of hydrogen-bond donors (Lipinski definition) is 0. The molecule has 0 radical (unpaired) electrons. The molecule has 0 aliphatic carbocycles. The molecular weight excluding hydrogens is 387 g/mol. The Balaban J connectivity index is 1.56. The number of hydrogen-bond acceptors (Lipinski definition) is 5. The molecule has 0 fully saturated rings. The zero-order valence-electron chi connectivity index (χ0n) is 15.2. The van der Waals surface area contributed by atoms with Gasteiger partial charge in [-0.25, -0.2) is 9.37 Å². The first-order valence-electron chi connectivity index (χ1n) is 8.99. The summed E-state index contributed by atoms with van der Waals surface area (Å²) in [6.07, 6.45) is 0. The number of para-hydroxylation sites is 3. The third-order valence-corrected chi connectivity index (χ3v) is 5.43. The van der Waals surface area contributed by atoms with Crippen molar-refractivity contribution < 1.29 is 4.39 Å². The van der Waals surface area contributed by atoms with Gasteiger partial charge in [-0.15, -0.1) is 5.10 Å². The Morgan fingerprint density at radius 2 is 1.59 bits per heavy atom. The number of nitrogens with zero attached hydrogens (tertiary/aromatic N) is 6. The fourth-order valence-corrected chi connectivity index (χ4v) is 4.00. The molecule has 8 heteroatoms. The molecule has 6 nitrogen and oxygen atoms in total. The normalized spacial score (nSPS) is 11.2. The lowest BCUT2D eigenvalue weighted by atomic mass is 10.2. The molecular formula is C21H15FN6S. The van der Waals surface area contributed by atoms with Crippen molar-refractivity contribution in [2.75, 3.05) is 0 Å². The molecule has 0 unspecified atom stereocenters. The summed E-state index contributed by atoms with van der Waals surface area (Å²) in [4.78, 5) is 4.78. The molecule has 5 rings (SSSR count). The standard InChI is InChI=1S/C21H15FN6S/c22-16-12-10-15(11-13-16)14-27-19-9-5-4-8-18(19)23-20(27)29-21-24-25-26-28(21)17-6-2-1-3-7-17/h1-13H,14H2. The Morgan fingerprint density at radius 1 is 0.828 bits per heavy atom. The van der Waals surface area contributed by atoms with Crippen LogP contribution in [0.15, 0.2) is 89.2 Å². The first-order chi connectivity index (χ1) is 14.3. The lowest BCUT2D eigenvalue weighted by Gasteiger charge is -2.09. The summed E-state index contributed by atoms with van der Waals surface area (Å²) >= 11 is 1.40. The van der Waals surface area contributed by atoms with Gasteiger partial charge in [0.05, 0.1) is 23.3 Å². The molecule has 29 heavy (non-hydrogen) atoms. The second kappa shape index (κ2) is 7.48. The molecule has 0 amide bonds. The van der Waals surface area contributed by atoms with E-state index in [4.69, 9.17) is 4.98 Å². The summed E-state index contributed by atoms with van der Waals surface area (Å²) in [7, 11) is 0. The van der Waals surface area contributed by atoms with E-state index in [-0.39, 0.29) is 5.82 Å². The van der Waals surface area contributed by atoms with Crippen LogP contribution >= 0.6 is 11.8 Å². The number of benzene rings is 3. The fraction of sp³-hybridized carbons (Fsp3) is 0.0476. The monoisotopic (exact) mass is 402 g/mol. The first-order valence-corrected chi connectivity index (χ1v) is 9.81. The number of rotatable bonds is 5. The lowest BCUT2D eigenvalue weighted by molar-refractivity contribution is 0.625. The molecule has 3 aromatic carbocycles. The van der Waals surface area contributed by atoms with E-state index < -0.39 is 0 Å². The van der Waals surface area contributed by atoms with Crippen molar-refractivity contribution in [1.29, 1.82) is 0 Å². The van der Waals surface area contributed by atoms with E-state index in [1.807, 2.05) is 54.6 Å². The van der Waals surface area contributed by atoms with Crippen molar-refractivity contribution in [2.45, 2.75) is 16.9 Å². The van der Waals surface area contributed by atoms with Crippen molar-refractivity contribution in [1.82, 2.24) is 29.8 Å². The van der Waals surface area contributed by atoms with E-state index in [9.17, 15) is 4.39 Å². The van der Waals surface area contributed by atoms with Crippen LogP contribution in [0.3, 0.4) is 0 Å². The number of halogens is 1. The summed E-state index contributed by atoms with van der Waals surface area (Å²) in [5.41, 5.74) is 3.74. The maximum absolute atomic E-state index is 13.3. The summed E-state index contributed by atoms with van der Waals surface area (Å²) in [5, 5.41) is 13.5. The molecule has 0 bridgehead atoms. The maximum Gasteiger partial charge on any atom is 0.221 e. The van der Waals surface area contributed by atoms with E-state index >= 15 is 0 Å². The van der Waals surface area contributed by atoms with Gasteiger partial charge in [-0.3, -0.25) is 0 Å². The Bertz CT molecular complexity index is 1260. The average Bonchev–Trinajstić information content (AvgIpc) is 3.35. The first kappa shape index (κ1) is 17.6. The van der Waals surface area contributed by atoms with Crippen LogP contribution in [0.4, 0.5) is 4.39 Å². The largest absolute Gasteiger partial charge is 0.314 e. The van der Waals surface area contributed by atoms with Crippen molar-refractivity contribution in [3.63, 3.8) is 0 Å². The summed E-state index contributed by atoms with van der Waals surface area (Å²) < 4.78 is 17.1.